The number of hydrogen-bond donors (Lipinski definition) is 1. The normalized spacial score (nSPS) is 10.8. The van der Waals surface area contributed by atoms with Crippen LogP contribution < -0.4 is 14.8 Å². The standard InChI is InChI=1S/C23H21Cl3FNO2/c1-29-22-11-15(13-28-9-8-16-6-7-18(24)12-19(16)25)10-20(26)23(22)30-14-17-4-2-3-5-21(17)27/h2-7,10-12,28H,8-9,13-14H2,1H3. The molecule has 3 aromatic rings. The van der Waals surface area contributed by atoms with Crippen molar-refractivity contribution in [3.63, 3.8) is 0 Å². The van der Waals surface area contributed by atoms with Gasteiger partial charge in [-0.15, -0.1) is 0 Å². The van der Waals surface area contributed by atoms with Crippen LogP contribution >= 0.6 is 34.8 Å². The Bertz CT molecular complexity index is 1010. The molecule has 0 spiro atoms. The highest BCUT2D eigenvalue weighted by Gasteiger charge is 2.13. The van der Waals surface area contributed by atoms with Crippen LogP contribution in [0.25, 0.3) is 0 Å². The highest BCUT2D eigenvalue weighted by molar-refractivity contribution is 6.35. The molecule has 0 aliphatic carbocycles. The maximum absolute atomic E-state index is 13.8. The Morgan fingerprint density at radius 1 is 0.933 bits per heavy atom. The number of rotatable bonds is 9. The summed E-state index contributed by atoms with van der Waals surface area (Å²) in [5.41, 5.74) is 2.42. The summed E-state index contributed by atoms with van der Waals surface area (Å²) in [4.78, 5) is 0. The van der Waals surface area contributed by atoms with Crippen LogP contribution in [-0.2, 0) is 19.6 Å². The number of halogens is 4. The molecule has 0 heterocycles. The van der Waals surface area contributed by atoms with E-state index in [1.54, 1.807) is 31.4 Å². The lowest BCUT2D eigenvalue weighted by Crippen LogP contribution is -2.17. The molecule has 0 saturated heterocycles. The predicted octanol–water partition coefficient (Wildman–Crippen LogP) is 6.71. The van der Waals surface area contributed by atoms with Crippen LogP contribution in [0.4, 0.5) is 4.39 Å². The van der Waals surface area contributed by atoms with Crippen LogP contribution in [0.1, 0.15) is 16.7 Å². The molecule has 0 radical (unpaired) electrons. The molecule has 0 unspecified atom stereocenters. The Morgan fingerprint density at radius 2 is 1.73 bits per heavy atom. The summed E-state index contributed by atoms with van der Waals surface area (Å²) >= 11 is 18.5. The van der Waals surface area contributed by atoms with Gasteiger partial charge in [0.1, 0.15) is 12.4 Å². The van der Waals surface area contributed by atoms with Crippen molar-refractivity contribution in [1.29, 1.82) is 0 Å². The van der Waals surface area contributed by atoms with Crippen LogP contribution in [0, 0.1) is 5.82 Å². The van der Waals surface area contributed by atoms with Gasteiger partial charge in [0, 0.05) is 22.2 Å². The Kier molecular flexibility index (Phi) is 8.23. The van der Waals surface area contributed by atoms with E-state index in [0.29, 0.717) is 38.7 Å². The second-order valence-electron chi connectivity index (χ2n) is 6.65. The minimum atomic E-state index is -0.325. The SMILES string of the molecule is COc1cc(CNCCc2ccc(Cl)cc2Cl)cc(Cl)c1OCc1ccccc1F. The molecule has 3 rings (SSSR count). The van der Waals surface area contributed by atoms with Crippen molar-refractivity contribution >= 4 is 34.8 Å². The number of ether oxygens (including phenoxy) is 2. The van der Waals surface area contributed by atoms with Crippen molar-refractivity contribution in [3.8, 4) is 11.5 Å². The molecule has 0 aromatic heterocycles. The molecule has 30 heavy (non-hydrogen) atoms. The third kappa shape index (κ3) is 6.02. The van der Waals surface area contributed by atoms with E-state index in [1.165, 1.54) is 6.07 Å². The van der Waals surface area contributed by atoms with Gasteiger partial charge in [0.2, 0.25) is 0 Å². The van der Waals surface area contributed by atoms with Gasteiger partial charge in [0.05, 0.1) is 12.1 Å². The largest absolute Gasteiger partial charge is 0.493 e. The maximum Gasteiger partial charge on any atom is 0.180 e. The number of hydrogen-bond acceptors (Lipinski definition) is 3. The minimum Gasteiger partial charge on any atom is -0.493 e. The summed E-state index contributed by atoms with van der Waals surface area (Å²) in [5, 5.41) is 5.04. The molecule has 0 atom stereocenters. The van der Waals surface area contributed by atoms with Gasteiger partial charge in [-0.25, -0.2) is 4.39 Å². The van der Waals surface area contributed by atoms with Crippen molar-refractivity contribution in [3.05, 3.63) is 92.2 Å². The van der Waals surface area contributed by atoms with Gasteiger partial charge in [-0.3, -0.25) is 0 Å². The van der Waals surface area contributed by atoms with E-state index >= 15 is 0 Å². The van der Waals surface area contributed by atoms with Crippen molar-refractivity contribution < 1.29 is 13.9 Å². The zero-order chi connectivity index (χ0) is 21.5. The van der Waals surface area contributed by atoms with Gasteiger partial charge in [-0.05, 0) is 54.4 Å². The highest BCUT2D eigenvalue weighted by atomic mass is 35.5. The Balaban J connectivity index is 1.59. The average Bonchev–Trinajstić information content (AvgIpc) is 2.72. The van der Waals surface area contributed by atoms with E-state index < -0.39 is 0 Å². The molecule has 0 saturated carbocycles. The van der Waals surface area contributed by atoms with Crippen LogP contribution in [0.2, 0.25) is 15.1 Å². The molecule has 158 valence electrons. The monoisotopic (exact) mass is 467 g/mol. The van der Waals surface area contributed by atoms with Gasteiger partial charge >= 0.3 is 0 Å². The van der Waals surface area contributed by atoms with E-state index in [-0.39, 0.29) is 12.4 Å². The summed E-state index contributed by atoms with van der Waals surface area (Å²) < 4.78 is 25.0. The van der Waals surface area contributed by atoms with E-state index in [9.17, 15) is 4.39 Å². The van der Waals surface area contributed by atoms with Crippen molar-refractivity contribution in [2.45, 2.75) is 19.6 Å². The van der Waals surface area contributed by atoms with Gasteiger partial charge in [-0.1, -0.05) is 59.1 Å². The van der Waals surface area contributed by atoms with Crippen LogP contribution in [-0.4, -0.2) is 13.7 Å². The van der Waals surface area contributed by atoms with Gasteiger partial charge in [-0.2, -0.15) is 0 Å². The third-order valence-corrected chi connectivity index (χ3v) is 5.40. The number of methoxy groups -OCH3 is 1. The topological polar surface area (TPSA) is 30.5 Å². The molecule has 0 fully saturated rings. The van der Waals surface area contributed by atoms with E-state index in [1.807, 2.05) is 24.3 Å². The number of benzene rings is 3. The molecule has 1 N–H and O–H groups in total. The smallest absolute Gasteiger partial charge is 0.180 e. The molecule has 3 nitrogen and oxygen atoms in total. The molecular weight excluding hydrogens is 448 g/mol. The minimum absolute atomic E-state index is 0.0577. The fraction of sp³-hybridized carbons (Fsp3) is 0.217. The van der Waals surface area contributed by atoms with Crippen molar-refractivity contribution in [2.24, 2.45) is 0 Å². The van der Waals surface area contributed by atoms with Crippen molar-refractivity contribution in [2.75, 3.05) is 13.7 Å². The summed E-state index contributed by atoms with van der Waals surface area (Å²) in [6.45, 7) is 1.38. The van der Waals surface area contributed by atoms with E-state index in [4.69, 9.17) is 44.3 Å². The highest BCUT2D eigenvalue weighted by Crippen LogP contribution is 2.37. The molecule has 7 heteroatoms. The zero-order valence-corrected chi connectivity index (χ0v) is 18.6. The fourth-order valence-corrected chi connectivity index (χ4v) is 3.75. The Labute approximate surface area is 190 Å². The second kappa shape index (κ2) is 10.9. The Morgan fingerprint density at radius 3 is 2.47 bits per heavy atom. The maximum atomic E-state index is 13.8. The quantitative estimate of drug-likeness (QED) is 0.354. The van der Waals surface area contributed by atoms with Crippen LogP contribution in [0.15, 0.2) is 54.6 Å². The van der Waals surface area contributed by atoms with Gasteiger partial charge in [0.15, 0.2) is 11.5 Å². The fourth-order valence-electron chi connectivity index (χ4n) is 2.96. The molecule has 3 aromatic carbocycles. The summed E-state index contributed by atoms with van der Waals surface area (Å²) in [5.74, 6) is 0.560. The predicted molar refractivity (Wildman–Crippen MR) is 121 cm³/mol. The molecule has 0 amide bonds. The summed E-state index contributed by atoms with van der Waals surface area (Å²) in [6, 6.07) is 15.6. The first-order chi connectivity index (χ1) is 14.5. The van der Waals surface area contributed by atoms with E-state index in [2.05, 4.69) is 5.32 Å². The number of nitrogens with one attached hydrogen (secondary N) is 1. The first-order valence-corrected chi connectivity index (χ1v) is 10.5. The van der Waals surface area contributed by atoms with Crippen LogP contribution in [0.3, 0.4) is 0 Å². The Hall–Kier alpha value is -1.98. The van der Waals surface area contributed by atoms with E-state index in [0.717, 1.165) is 24.1 Å². The molecule has 0 bridgehead atoms. The lowest BCUT2D eigenvalue weighted by Gasteiger charge is -2.15. The summed E-state index contributed by atoms with van der Waals surface area (Å²) in [7, 11) is 1.54. The zero-order valence-electron chi connectivity index (χ0n) is 16.4. The van der Waals surface area contributed by atoms with Gasteiger partial charge < -0.3 is 14.8 Å². The molecule has 0 aliphatic heterocycles. The molecule has 0 aliphatic rings. The first-order valence-electron chi connectivity index (χ1n) is 9.35. The lowest BCUT2D eigenvalue weighted by atomic mass is 10.1. The van der Waals surface area contributed by atoms with Crippen molar-refractivity contribution in [1.82, 2.24) is 5.32 Å². The molecular formula is C23H21Cl3FNO2. The summed E-state index contributed by atoms with van der Waals surface area (Å²) in [6.07, 6.45) is 0.769. The lowest BCUT2D eigenvalue weighted by molar-refractivity contribution is 0.279. The van der Waals surface area contributed by atoms with Crippen LogP contribution in [0.5, 0.6) is 11.5 Å². The van der Waals surface area contributed by atoms with Gasteiger partial charge in [0.25, 0.3) is 0 Å². The third-order valence-electron chi connectivity index (χ3n) is 4.53. The first kappa shape index (κ1) is 22.7. The average molecular weight is 469 g/mol. The second-order valence-corrected chi connectivity index (χ2v) is 7.90.